The highest BCUT2D eigenvalue weighted by molar-refractivity contribution is 7.13. The molecule has 1 aliphatic carbocycles. The number of hydrogen-bond donors (Lipinski definition) is 2. The van der Waals surface area contributed by atoms with Crippen molar-refractivity contribution in [3.05, 3.63) is 23.4 Å². The molecule has 5 rings (SSSR count). The van der Waals surface area contributed by atoms with E-state index in [9.17, 15) is 9.59 Å². The van der Waals surface area contributed by atoms with E-state index < -0.39 is 0 Å². The molecule has 0 bridgehead atoms. The van der Waals surface area contributed by atoms with Crippen molar-refractivity contribution in [2.45, 2.75) is 70.0 Å². The Hall–Kier alpha value is -2.26. The van der Waals surface area contributed by atoms with Crippen LogP contribution in [0.15, 0.2) is 21.9 Å². The Morgan fingerprint density at radius 3 is 2.97 bits per heavy atom. The second-order valence-corrected chi connectivity index (χ2v) is 10.3. The highest BCUT2D eigenvalue weighted by Crippen LogP contribution is 2.36. The van der Waals surface area contributed by atoms with Crippen LogP contribution in [0, 0.1) is 5.41 Å². The summed E-state index contributed by atoms with van der Waals surface area (Å²) in [7, 11) is 0. The molecule has 3 fully saturated rings. The minimum Gasteiger partial charge on any atom is -0.420 e. The quantitative estimate of drug-likeness (QED) is 0.736. The van der Waals surface area contributed by atoms with E-state index >= 15 is 0 Å². The lowest BCUT2D eigenvalue weighted by atomic mass is 9.75. The monoisotopic (exact) mass is 443 g/mol. The molecule has 9 heteroatoms. The number of hydrogen-bond acceptors (Lipinski definition) is 7. The van der Waals surface area contributed by atoms with Gasteiger partial charge in [0, 0.05) is 37.0 Å². The van der Waals surface area contributed by atoms with Crippen LogP contribution in [0.5, 0.6) is 0 Å². The summed E-state index contributed by atoms with van der Waals surface area (Å²) in [5, 5.41) is 16.7. The lowest BCUT2D eigenvalue weighted by Crippen LogP contribution is -2.58. The topological polar surface area (TPSA) is 100 Å². The van der Waals surface area contributed by atoms with Crippen molar-refractivity contribution in [3.8, 4) is 10.8 Å². The Bertz CT molecular complexity index is 937. The van der Waals surface area contributed by atoms with Crippen LogP contribution in [-0.2, 0) is 16.0 Å². The number of amides is 2. The van der Waals surface area contributed by atoms with Gasteiger partial charge in [0.05, 0.1) is 10.9 Å². The lowest BCUT2D eigenvalue weighted by Gasteiger charge is -2.36. The molecular formula is C22H29N5O3S. The Kier molecular flexibility index (Phi) is 5.56. The van der Waals surface area contributed by atoms with E-state index in [2.05, 4.69) is 32.7 Å². The van der Waals surface area contributed by atoms with Crippen molar-refractivity contribution in [1.82, 2.24) is 25.7 Å². The number of fused-ring (bicyclic) bond motifs is 1. The van der Waals surface area contributed by atoms with E-state index in [0.29, 0.717) is 37.7 Å². The van der Waals surface area contributed by atoms with Crippen LogP contribution in [0.2, 0.25) is 0 Å². The first-order chi connectivity index (χ1) is 15.0. The Balaban J connectivity index is 1.24. The van der Waals surface area contributed by atoms with Crippen molar-refractivity contribution in [2.24, 2.45) is 5.41 Å². The van der Waals surface area contributed by atoms with Gasteiger partial charge in [-0.25, -0.2) is 0 Å². The maximum atomic E-state index is 13.0. The third kappa shape index (κ3) is 4.13. The van der Waals surface area contributed by atoms with Crippen molar-refractivity contribution in [1.29, 1.82) is 0 Å². The number of aromatic nitrogens is 2. The van der Waals surface area contributed by atoms with Gasteiger partial charge in [-0.3, -0.25) is 14.5 Å². The van der Waals surface area contributed by atoms with Crippen LogP contribution < -0.4 is 10.6 Å². The fourth-order valence-corrected chi connectivity index (χ4v) is 5.87. The standard InChI is InChI=1S/C22H29N5O3S/c1-22(7-3-2-4-8-22)21(29)24-14-10-16-19(28)23-12-15(27(16)13-14)11-18-25-26-20(30-18)17-6-5-9-31-17/h5-6,9,14-16H,2-4,7-8,10-13H2,1H3,(H,23,28)(H,24,29)/t14-,15+,16-/m0/s1. The van der Waals surface area contributed by atoms with Gasteiger partial charge in [0.1, 0.15) is 0 Å². The molecule has 2 saturated heterocycles. The molecule has 0 radical (unpaired) electrons. The summed E-state index contributed by atoms with van der Waals surface area (Å²) in [4.78, 5) is 28.7. The molecular weight excluding hydrogens is 414 g/mol. The molecule has 1 saturated carbocycles. The van der Waals surface area contributed by atoms with Crippen LogP contribution in [0.3, 0.4) is 0 Å². The van der Waals surface area contributed by atoms with Crippen LogP contribution in [0.25, 0.3) is 10.8 Å². The van der Waals surface area contributed by atoms with E-state index in [1.165, 1.54) is 6.42 Å². The molecule has 2 aromatic heterocycles. The largest absolute Gasteiger partial charge is 0.420 e. The van der Waals surface area contributed by atoms with E-state index in [4.69, 9.17) is 4.42 Å². The predicted octanol–water partition coefficient (Wildman–Crippen LogP) is 2.37. The van der Waals surface area contributed by atoms with Gasteiger partial charge >= 0.3 is 0 Å². The number of thiophene rings is 1. The van der Waals surface area contributed by atoms with Crippen molar-refractivity contribution in [2.75, 3.05) is 13.1 Å². The molecule has 31 heavy (non-hydrogen) atoms. The molecule has 2 aromatic rings. The summed E-state index contributed by atoms with van der Waals surface area (Å²) in [6.07, 6.45) is 6.57. The van der Waals surface area contributed by atoms with Crippen LogP contribution in [-0.4, -0.2) is 58.1 Å². The van der Waals surface area contributed by atoms with E-state index in [0.717, 1.165) is 30.6 Å². The molecule has 3 aliphatic rings. The average molecular weight is 444 g/mol. The van der Waals surface area contributed by atoms with Crippen molar-refractivity contribution < 1.29 is 14.0 Å². The predicted molar refractivity (Wildman–Crippen MR) is 116 cm³/mol. The molecule has 4 heterocycles. The minimum absolute atomic E-state index is 0.00744. The molecule has 0 unspecified atom stereocenters. The van der Waals surface area contributed by atoms with Gasteiger partial charge in [0.25, 0.3) is 5.89 Å². The third-order valence-corrected chi connectivity index (χ3v) is 7.93. The molecule has 166 valence electrons. The first kappa shape index (κ1) is 20.6. The molecule has 2 N–H and O–H groups in total. The number of nitrogens with one attached hydrogen (secondary N) is 2. The lowest BCUT2D eigenvalue weighted by molar-refractivity contribution is -0.132. The summed E-state index contributed by atoms with van der Waals surface area (Å²) in [5.74, 6) is 1.30. The summed E-state index contributed by atoms with van der Waals surface area (Å²) in [6, 6.07) is 3.76. The number of nitrogens with zero attached hydrogens (tertiary/aromatic N) is 3. The summed E-state index contributed by atoms with van der Waals surface area (Å²) >= 11 is 1.56. The van der Waals surface area contributed by atoms with E-state index in [-0.39, 0.29) is 35.4 Å². The molecule has 2 aliphatic heterocycles. The van der Waals surface area contributed by atoms with Crippen LogP contribution >= 0.6 is 11.3 Å². The van der Waals surface area contributed by atoms with Gasteiger partial charge in [-0.1, -0.05) is 32.3 Å². The smallest absolute Gasteiger partial charge is 0.257 e. The number of carbonyl (C=O) groups is 2. The van der Waals surface area contributed by atoms with Gasteiger partial charge in [0.15, 0.2) is 0 Å². The fraction of sp³-hybridized carbons (Fsp3) is 0.636. The Morgan fingerprint density at radius 1 is 1.35 bits per heavy atom. The summed E-state index contributed by atoms with van der Waals surface area (Å²) < 4.78 is 5.87. The number of piperazine rings is 1. The van der Waals surface area contributed by atoms with Gasteiger partial charge in [-0.2, -0.15) is 0 Å². The fourth-order valence-electron chi connectivity index (χ4n) is 5.23. The summed E-state index contributed by atoms with van der Waals surface area (Å²) in [6.45, 7) is 3.31. The van der Waals surface area contributed by atoms with Crippen LogP contribution in [0.4, 0.5) is 0 Å². The Morgan fingerprint density at radius 2 is 2.19 bits per heavy atom. The average Bonchev–Trinajstić information content (AvgIpc) is 3.51. The van der Waals surface area contributed by atoms with Crippen LogP contribution in [0.1, 0.15) is 51.3 Å². The zero-order chi connectivity index (χ0) is 21.4. The van der Waals surface area contributed by atoms with E-state index in [1.807, 2.05) is 17.5 Å². The first-order valence-electron chi connectivity index (χ1n) is 11.2. The summed E-state index contributed by atoms with van der Waals surface area (Å²) in [5.41, 5.74) is -0.273. The van der Waals surface area contributed by atoms with Gasteiger partial charge < -0.3 is 15.1 Å². The first-order valence-corrected chi connectivity index (χ1v) is 12.1. The molecule has 3 atom stereocenters. The highest BCUT2D eigenvalue weighted by Gasteiger charge is 2.45. The van der Waals surface area contributed by atoms with Gasteiger partial charge in [0.2, 0.25) is 17.7 Å². The van der Waals surface area contributed by atoms with E-state index in [1.54, 1.807) is 11.3 Å². The second kappa shape index (κ2) is 8.35. The molecule has 0 spiro atoms. The van der Waals surface area contributed by atoms with Gasteiger partial charge in [-0.15, -0.1) is 21.5 Å². The normalized spacial score (nSPS) is 28.2. The number of carbonyl (C=O) groups excluding carboxylic acids is 2. The second-order valence-electron chi connectivity index (χ2n) is 9.32. The minimum atomic E-state index is -0.273. The highest BCUT2D eigenvalue weighted by atomic mass is 32.1. The van der Waals surface area contributed by atoms with Crippen molar-refractivity contribution >= 4 is 23.2 Å². The zero-order valence-electron chi connectivity index (χ0n) is 17.8. The number of rotatable bonds is 5. The zero-order valence-corrected chi connectivity index (χ0v) is 18.6. The maximum Gasteiger partial charge on any atom is 0.257 e. The Labute approximate surface area is 185 Å². The SMILES string of the molecule is CC1(C(=O)N[C@H]2C[C@H]3C(=O)NC[C@@H](Cc4nnc(-c5cccs5)o4)N3C2)CCCCC1. The van der Waals surface area contributed by atoms with Gasteiger partial charge in [-0.05, 0) is 30.7 Å². The molecule has 0 aromatic carbocycles. The maximum absolute atomic E-state index is 13.0. The molecule has 8 nitrogen and oxygen atoms in total. The van der Waals surface area contributed by atoms with Crippen molar-refractivity contribution in [3.63, 3.8) is 0 Å². The molecule has 2 amide bonds. The third-order valence-electron chi connectivity index (χ3n) is 7.07.